The highest BCUT2D eigenvalue weighted by molar-refractivity contribution is 9.10. The predicted molar refractivity (Wildman–Crippen MR) is 138 cm³/mol. The van der Waals surface area contributed by atoms with Crippen molar-refractivity contribution < 1.29 is 19.1 Å². The standard InChI is InChI=1S/C27H22BrClN2O4/c1-16-14-20(28)15-17(2)24(16)35-27(34)19-8-10-21(11-9-19)30-23-22(29)25(32)31(26(23)33)13-12-18-6-4-3-5-7-18/h3-11,14-15,30H,12-13H2,1-2H3. The Kier molecular flexibility index (Phi) is 7.38. The van der Waals surface area contributed by atoms with Crippen molar-refractivity contribution in [1.82, 2.24) is 4.90 Å². The molecule has 0 bridgehead atoms. The van der Waals surface area contributed by atoms with Crippen molar-refractivity contribution >= 4 is 51.0 Å². The van der Waals surface area contributed by atoms with Crippen LogP contribution in [-0.2, 0) is 16.0 Å². The van der Waals surface area contributed by atoms with Crippen LogP contribution in [0, 0.1) is 13.8 Å². The largest absolute Gasteiger partial charge is 0.422 e. The first kappa shape index (κ1) is 24.7. The van der Waals surface area contributed by atoms with Gasteiger partial charge in [-0.3, -0.25) is 14.5 Å². The lowest BCUT2D eigenvalue weighted by atomic mass is 10.1. The second-order valence-corrected chi connectivity index (χ2v) is 9.44. The highest BCUT2D eigenvalue weighted by Crippen LogP contribution is 2.29. The third-order valence-corrected chi connectivity index (χ3v) is 6.40. The zero-order chi connectivity index (χ0) is 25.1. The van der Waals surface area contributed by atoms with E-state index in [0.29, 0.717) is 23.4 Å². The molecule has 1 aliphatic rings. The van der Waals surface area contributed by atoms with Crippen LogP contribution in [0.25, 0.3) is 0 Å². The van der Waals surface area contributed by atoms with Crippen molar-refractivity contribution in [1.29, 1.82) is 0 Å². The topological polar surface area (TPSA) is 75.7 Å². The number of amides is 2. The summed E-state index contributed by atoms with van der Waals surface area (Å²) in [4.78, 5) is 39.2. The van der Waals surface area contributed by atoms with Gasteiger partial charge < -0.3 is 10.1 Å². The molecule has 178 valence electrons. The van der Waals surface area contributed by atoms with E-state index in [4.69, 9.17) is 16.3 Å². The molecule has 4 rings (SSSR count). The first-order valence-electron chi connectivity index (χ1n) is 10.9. The highest BCUT2D eigenvalue weighted by Gasteiger charge is 2.37. The lowest BCUT2D eigenvalue weighted by molar-refractivity contribution is -0.137. The average molecular weight is 554 g/mol. The molecule has 8 heteroatoms. The predicted octanol–water partition coefficient (Wildman–Crippen LogP) is 5.76. The quantitative estimate of drug-likeness (QED) is 0.229. The van der Waals surface area contributed by atoms with E-state index in [1.807, 2.05) is 56.3 Å². The summed E-state index contributed by atoms with van der Waals surface area (Å²) < 4.78 is 6.51. The number of anilines is 1. The Hall–Kier alpha value is -3.42. The van der Waals surface area contributed by atoms with E-state index >= 15 is 0 Å². The minimum atomic E-state index is -0.532. The van der Waals surface area contributed by atoms with Gasteiger partial charge in [0, 0.05) is 16.7 Å². The Morgan fingerprint density at radius 3 is 2.23 bits per heavy atom. The summed E-state index contributed by atoms with van der Waals surface area (Å²) in [5.74, 6) is -0.999. The van der Waals surface area contributed by atoms with Crippen LogP contribution in [0.4, 0.5) is 5.69 Å². The number of imide groups is 1. The highest BCUT2D eigenvalue weighted by atomic mass is 79.9. The van der Waals surface area contributed by atoms with Crippen molar-refractivity contribution in [3.8, 4) is 5.75 Å². The van der Waals surface area contributed by atoms with E-state index in [1.165, 1.54) is 0 Å². The van der Waals surface area contributed by atoms with Crippen molar-refractivity contribution in [2.24, 2.45) is 0 Å². The van der Waals surface area contributed by atoms with Gasteiger partial charge in [-0.15, -0.1) is 0 Å². The Morgan fingerprint density at radius 2 is 1.60 bits per heavy atom. The molecule has 0 saturated heterocycles. The number of ether oxygens (including phenoxy) is 1. The molecule has 0 saturated carbocycles. The molecular weight excluding hydrogens is 532 g/mol. The molecule has 0 aromatic heterocycles. The van der Waals surface area contributed by atoms with Crippen molar-refractivity contribution in [3.63, 3.8) is 0 Å². The van der Waals surface area contributed by atoms with Gasteiger partial charge in [0.25, 0.3) is 11.8 Å². The van der Waals surface area contributed by atoms with Crippen LogP contribution in [-0.4, -0.2) is 29.2 Å². The fourth-order valence-electron chi connectivity index (χ4n) is 3.79. The monoisotopic (exact) mass is 552 g/mol. The number of carbonyl (C=O) groups excluding carboxylic acids is 3. The smallest absolute Gasteiger partial charge is 0.343 e. The van der Waals surface area contributed by atoms with E-state index in [0.717, 1.165) is 26.1 Å². The summed E-state index contributed by atoms with van der Waals surface area (Å²) in [5.41, 5.74) is 3.56. The van der Waals surface area contributed by atoms with Crippen LogP contribution in [0.15, 0.2) is 81.9 Å². The van der Waals surface area contributed by atoms with Gasteiger partial charge in [0.1, 0.15) is 16.5 Å². The van der Waals surface area contributed by atoms with Gasteiger partial charge in [-0.1, -0.05) is 57.9 Å². The number of hydrogen-bond acceptors (Lipinski definition) is 5. The van der Waals surface area contributed by atoms with Crippen molar-refractivity contribution in [2.45, 2.75) is 20.3 Å². The Balaban J connectivity index is 1.42. The zero-order valence-electron chi connectivity index (χ0n) is 19.1. The maximum Gasteiger partial charge on any atom is 0.343 e. The van der Waals surface area contributed by atoms with Gasteiger partial charge in [-0.05, 0) is 73.4 Å². The number of halogens is 2. The molecule has 1 heterocycles. The van der Waals surface area contributed by atoms with Crippen LogP contribution in [0.2, 0.25) is 0 Å². The number of nitrogens with one attached hydrogen (secondary N) is 1. The lowest BCUT2D eigenvalue weighted by Gasteiger charge is -2.15. The normalized spacial score (nSPS) is 13.4. The first-order valence-corrected chi connectivity index (χ1v) is 12.1. The van der Waals surface area contributed by atoms with E-state index in [-0.39, 0.29) is 17.3 Å². The number of benzene rings is 3. The van der Waals surface area contributed by atoms with Gasteiger partial charge >= 0.3 is 5.97 Å². The van der Waals surface area contributed by atoms with Gasteiger partial charge in [-0.25, -0.2) is 4.79 Å². The minimum Gasteiger partial charge on any atom is -0.422 e. The number of aryl methyl sites for hydroxylation is 2. The summed E-state index contributed by atoms with van der Waals surface area (Å²) in [5, 5.41) is 2.76. The zero-order valence-corrected chi connectivity index (χ0v) is 21.4. The number of nitrogens with zero attached hydrogens (tertiary/aromatic N) is 1. The summed E-state index contributed by atoms with van der Waals surface area (Å²) in [6, 6.07) is 19.8. The van der Waals surface area contributed by atoms with E-state index in [1.54, 1.807) is 24.3 Å². The molecule has 3 aromatic carbocycles. The Labute approximate surface area is 216 Å². The first-order chi connectivity index (χ1) is 16.7. The van der Waals surface area contributed by atoms with Gasteiger partial charge in [0.15, 0.2) is 0 Å². The fraction of sp³-hybridized carbons (Fsp3) is 0.148. The molecule has 2 amide bonds. The van der Waals surface area contributed by atoms with Crippen LogP contribution in [0.3, 0.4) is 0 Å². The van der Waals surface area contributed by atoms with Crippen LogP contribution in [0.5, 0.6) is 5.75 Å². The van der Waals surface area contributed by atoms with Gasteiger partial charge in [0.2, 0.25) is 0 Å². The van der Waals surface area contributed by atoms with E-state index in [2.05, 4.69) is 21.2 Å². The molecule has 3 aromatic rings. The Bertz CT molecular complexity index is 1310. The summed E-state index contributed by atoms with van der Waals surface area (Å²) in [6.45, 7) is 3.96. The summed E-state index contributed by atoms with van der Waals surface area (Å²) in [6.07, 6.45) is 0.532. The van der Waals surface area contributed by atoms with Gasteiger partial charge in [0.05, 0.1) is 5.56 Å². The lowest BCUT2D eigenvalue weighted by Crippen LogP contribution is -2.34. The maximum absolute atomic E-state index is 12.8. The molecule has 0 fully saturated rings. The van der Waals surface area contributed by atoms with Crippen LogP contribution < -0.4 is 10.1 Å². The van der Waals surface area contributed by atoms with Gasteiger partial charge in [-0.2, -0.15) is 0 Å². The third kappa shape index (κ3) is 5.47. The average Bonchev–Trinajstić information content (AvgIpc) is 3.04. The molecule has 0 unspecified atom stereocenters. The number of hydrogen-bond donors (Lipinski definition) is 1. The molecule has 1 aliphatic heterocycles. The molecule has 0 spiro atoms. The minimum absolute atomic E-state index is 0.0150. The Morgan fingerprint density at radius 1 is 0.971 bits per heavy atom. The molecule has 0 aliphatic carbocycles. The molecule has 6 nitrogen and oxygen atoms in total. The summed E-state index contributed by atoms with van der Waals surface area (Å²) in [7, 11) is 0. The fourth-order valence-corrected chi connectivity index (χ4v) is 4.70. The molecule has 1 N–H and O–H groups in total. The van der Waals surface area contributed by atoms with Crippen LogP contribution >= 0.6 is 27.5 Å². The van der Waals surface area contributed by atoms with Crippen molar-refractivity contribution in [2.75, 3.05) is 11.9 Å². The second kappa shape index (κ2) is 10.5. The number of rotatable bonds is 7. The molecule has 0 atom stereocenters. The second-order valence-electron chi connectivity index (χ2n) is 8.15. The summed E-state index contributed by atoms with van der Waals surface area (Å²) >= 11 is 9.62. The van der Waals surface area contributed by atoms with Crippen molar-refractivity contribution in [3.05, 3.63) is 104 Å². The maximum atomic E-state index is 12.8. The molecule has 35 heavy (non-hydrogen) atoms. The van der Waals surface area contributed by atoms with Crippen LogP contribution in [0.1, 0.15) is 27.0 Å². The number of carbonyl (C=O) groups is 3. The third-order valence-electron chi connectivity index (χ3n) is 5.59. The molecule has 0 radical (unpaired) electrons. The van der Waals surface area contributed by atoms with E-state index < -0.39 is 17.8 Å². The van der Waals surface area contributed by atoms with E-state index in [9.17, 15) is 14.4 Å². The number of esters is 1. The molecular formula is C27H22BrClN2O4. The SMILES string of the molecule is Cc1cc(Br)cc(C)c1OC(=O)c1ccc(NC2=C(Cl)C(=O)N(CCc3ccccc3)C2=O)cc1.